The molecule has 3 heteroatoms. The highest BCUT2D eigenvalue weighted by Gasteiger charge is 2.19. The molecule has 26 heavy (non-hydrogen) atoms. The van der Waals surface area contributed by atoms with E-state index in [9.17, 15) is 0 Å². The van der Waals surface area contributed by atoms with Crippen molar-refractivity contribution in [3.05, 3.63) is 53.9 Å². The largest absolute Gasteiger partial charge is 0.456 e. The van der Waals surface area contributed by atoms with Gasteiger partial charge >= 0.3 is 0 Å². The van der Waals surface area contributed by atoms with E-state index in [2.05, 4.69) is 86.7 Å². The highest BCUT2D eigenvalue weighted by Crippen LogP contribution is 2.38. The number of fused-ring (bicyclic) bond motifs is 3. The molecule has 0 unspecified atom stereocenters. The molecule has 0 aliphatic carbocycles. The summed E-state index contributed by atoms with van der Waals surface area (Å²) in [4.78, 5) is 0. The fourth-order valence-corrected chi connectivity index (χ4v) is 4.25. The molecular weight excluding hydrogens is 320 g/mol. The van der Waals surface area contributed by atoms with Crippen LogP contribution in [-0.2, 0) is 14.1 Å². The summed E-state index contributed by atoms with van der Waals surface area (Å²) in [5, 5.41) is 4.96. The van der Waals surface area contributed by atoms with Gasteiger partial charge in [0.1, 0.15) is 18.2 Å². The SMILES string of the molecule is Cc1c2cc[n+](C)c2cc2oc3cc(C(C)C)cc4ccn(C)c(c12)c43. The van der Waals surface area contributed by atoms with E-state index in [1.807, 2.05) is 0 Å². The van der Waals surface area contributed by atoms with E-state index in [1.165, 1.54) is 43.7 Å². The zero-order valence-electron chi connectivity index (χ0n) is 15.9. The van der Waals surface area contributed by atoms with Crippen LogP contribution in [0.25, 0.3) is 43.7 Å². The van der Waals surface area contributed by atoms with Gasteiger partial charge in [0.2, 0.25) is 5.52 Å². The van der Waals surface area contributed by atoms with Crippen molar-refractivity contribution in [3.63, 3.8) is 0 Å². The van der Waals surface area contributed by atoms with Crippen molar-refractivity contribution in [2.75, 3.05) is 0 Å². The minimum atomic E-state index is 0.468. The van der Waals surface area contributed by atoms with Crippen LogP contribution in [0, 0.1) is 6.92 Å². The number of hydrogen-bond acceptors (Lipinski definition) is 1. The van der Waals surface area contributed by atoms with Gasteiger partial charge in [0.05, 0.1) is 17.0 Å². The van der Waals surface area contributed by atoms with E-state index in [0.717, 1.165) is 11.2 Å². The maximum atomic E-state index is 6.48. The molecule has 0 saturated carbocycles. The van der Waals surface area contributed by atoms with Crippen LogP contribution in [0.1, 0.15) is 30.9 Å². The van der Waals surface area contributed by atoms with Crippen molar-refractivity contribution in [2.45, 2.75) is 26.7 Å². The Morgan fingerprint density at radius 3 is 2.58 bits per heavy atom. The smallest absolute Gasteiger partial charge is 0.216 e. The first-order chi connectivity index (χ1) is 12.5. The van der Waals surface area contributed by atoms with Gasteiger partial charge in [-0.1, -0.05) is 19.9 Å². The van der Waals surface area contributed by atoms with Crippen molar-refractivity contribution in [2.24, 2.45) is 14.1 Å². The number of pyridine rings is 1. The fraction of sp³-hybridized carbons (Fsp3) is 0.261. The number of aromatic nitrogens is 2. The molecule has 0 atom stereocenters. The molecule has 0 saturated heterocycles. The van der Waals surface area contributed by atoms with E-state index in [0.29, 0.717) is 5.92 Å². The van der Waals surface area contributed by atoms with Crippen molar-refractivity contribution < 1.29 is 8.98 Å². The Morgan fingerprint density at radius 2 is 1.81 bits per heavy atom. The van der Waals surface area contributed by atoms with Crippen LogP contribution in [-0.4, -0.2) is 4.57 Å². The molecule has 0 spiro atoms. The average Bonchev–Trinajstić information content (AvgIpc) is 2.98. The van der Waals surface area contributed by atoms with Gasteiger partial charge in [0.25, 0.3) is 0 Å². The van der Waals surface area contributed by atoms with Crippen molar-refractivity contribution >= 4 is 43.7 Å². The minimum absolute atomic E-state index is 0.468. The molecule has 0 fully saturated rings. The lowest BCUT2D eigenvalue weighted by atomic mass is 9.96. The second-order valence-electron chi connectivity index (χ2n) is 7.75. The molecule has 0 amide bonds. The summed E-state index contributed by atoms with van der Waals surface area (Å²) in [6.07, 6.45) is 4.28. The summed E-state index contributed by atoms with van der Waals surface area (Å²) in [5.41, 5.74) is 6.97. The molecule has 0 aliphatic rings. The number of benzene rings is 2. The van der Waals surface area contributed by atoms with E-state index < -0.39 is 0 Å². The molecule has 130 valence electrons. The molecule has 0 aliphatic heterocycles. The van der Waals surface area contributed by atoms with Crippen LogP contribution in [0.4, 0.5) is 0 Å². The molecule has 0 bridgehead atoms. The van der Waals surface area contributed by atoms with Crippen LogP contribution < -0.4 is 4.57 Å². The first kappa shape index (κ1) is 15.4. The second kappa shape index (κ2) is 5.10. The maximum Gasteiger partial charge on any atom is 0.216 e. The van der Waals surface area contributed by atoms with E-state index in [1.54, 1.807) is 0 Å². The second-order valence-corrected chi connectivity index (χ2v) is 7.75. The van der Waals surface area contributed by atoms with E-state index in [4.69, 9.17) is 4.42 Å². The van der Waals surface area contributed by atoms with E-state index >= 15 is 0 Å². The summed E-state index contributed by atoms with van der Waals surface area (Å²) in [7, 11) is 4.21. The Bertz CT molecular complexity index is 1340. The summed E-state index contributed by atoms with van der Waals surface area (Å²) in [6.45, 7) is 6.66. The summed E-state index contributed by atoms with van der Waals surface area (Å²) >= 11 is 0. The van der Waals surface area contributed by atoms with Crippen molar-refractivity contribution in [1.82, 2.24) is 4.57 Å². The zero-order valence-corrected chi connectivity index (χ0v) is 15.9. The van der Waals surface area contributed by atoms with E-state index in [-0.39, 0.29) is 0 Å². The first-order valence-corrected chi connectivity index (χ1v) is 9.19. The normalized spacial score (nSPS) is 12.4. The monoisotopic (exact) mass is 343 g/mol. The lowest BCUT2D eigenvalue weighted by Crippen LogP contribution is -2.24. The number of rotatable bonds is 1. The Kier molecular flexibility index (Phi) is 3.03. The van der Waals surface area contributed by atoms with Gasteiger partial charge in [-0.25, -0.2) is 4.57 Å². The number of hydrogen-bond donors (Lipinski definition) is 0. The van der Waals surface area contributed by atoms with Crippen LogP contribution in [0.5, 0.6) is 0 Å². The van der Waals surface area contributed by atoms with Crippen LogP contribution in [0.15, 0.2) is 47.1 Å². The standard InChI is InChI=1S/C23H23N2O/c1-13(2)16-10-15-6-8-25(5)23-21-14(3)17-7-9-24(4)18(17)12-20(21)26-19(11-16)22(15)23/h6-13H,1-5H3/q+1. The average molecular weight is 343 g/mol. The lowest BCUT2D eigenvalue weighted by molar-refractivity contribution is -0.642. The third-order valence-corrected chi connectivity index (χ3v) is 5.76. The minimum Gasteiger partial charge on any atom is -0.456 e. The molecule has 3 heterocycles. The van der Waals surface area contributed by atoms with Gasteiger partial charge < -0.3 is 8.98 Å². The molecular formula is C23H23N2O+. The summed E-state index contributed by atoms with van der Waals surface area (Å²) in [5.74, 6) is 0.468. The van der Waals surface area contributed by atoms with Crippen molar-refractivity contribution in [3.8, 4) is 0 Å². The summed E-state index contributed by atoms with van der Waals surface area (Å²) < 4.78 is 10.9. The molecule has 3 nitrogen and oxygen atoms in total. The Morgan fingerprint density at radius 1 is 1.04 bits per heavy atom. The van der Waals surface area contributed by atoms with Gasteiger partial charge in [-0.15, -0.1) is 0 Å². The zero-order chi connectivity index (χ0) is 18.2. The first-order valence-electron chi connectivity index (χ1n) is 9.19. The number of nitrogens with zero attached hydrogens (tertiary/aromatic N) is 2. The molecule has 5 aromatic rings. The van der Waals surface area contributed by atoms with Gasteiger partial charge in [-0.3, -0.25) is 0 Å². The topological polar surface area (TPSA) is 21.9 Å². The maximum absolute atomic E-state index is 6.48. The predicted molar refractivity (Wildman–Crippen MR) is 108 cm³/mol. The Labute approximate surface area is 152 Å². The highest BCUT2D eigenvalue weighted by molar-refractivity contribution is 6.19. The van der Waals surface area contributed by atoms with Crippen LogP contribution in [0.2, 0.25) is 0 Å². The quantitative estimate of drug-likeness (QED) is 0.224. The molecule has 2 aromatic carbocycles. The number of aryl methyl sites for hydroxylation is 3. The Hall–Kier alpha value is -2.81. The van der Waals surface area contributed by atoms with Gasteiger partial charge in [0.15, 0.2) is 6.20 Å². The van der Waals surface area contributed by atoms with Crippen LogP contribution >= 0.6 is 0 Å². The highest BCUT2D eigenvalue weighted by atomic mass is 16.3. The summed E-state index contributed by atoms with van der Waals surface area (Å²) in [6, 6.07) is 11.1. The van der Waals surface area contributed by atoms with Gasteiger partial charge in [-0.2, -0.15) is 0 Å². The lowest BCUT2D eigenvalue weighted by Gasteiger charge is -2.16. The van der Waals surface area contributed by atoms with Gasteiger partial charge in [-0.05, 0) is 41.5 Å². The predicted octanol–water partition coefficient (Wildman–Crippen LogP) is 5.49. The molecule has 5 rings (SSSR count). The Balaban J connectivity index is 2.10. The third kappa shape index (κ3) is 1.91. The third-order valence-electron chi connectivity index (χ3n) is 5.76. The molecule has 0 N–H and O–H groups in total. The molecule has 0 radical (unpaired) electrons. The van der Waals surface area contributed by atoms with Crippen molar-refractivity contribution in [1.29, 1.82) is 0 Å². The van der Waals surface area contributed by atoms with Gasteiger partial charge in [0, 0.05) is 30.1 Å². The fourth-order valence-electron chi connectivity index (χ4n) is 4.25. The van der Waals surface area contributed by atoms with Crippen LogP contribution in [0.3, 0.4) is 0 Å². The molecule has 3 aromatic heterocycles.